The summed E-state index contributed by atoms with van der Waals surface area (Å²) < 4.78 is 20.2. The number of imidazole rings is 1. The molecule has 1 fully saturated rings. The lowest BCUT2D eigenvalue weighted by atomic mass is 10.1. The zero-order valence-corrected chi connectivity index (χ0v) is 15.2. The van der Waals surface area contributed by atoms with E-state index in [2.05, 4.69) is 15.1 Å². The first-order valence-corrected chi connectivity index (χ1v) is 9.49. The molecule has 5 rings (SSSR count). The average molecular weight is 378 g/mol. The second-order valence-electron chi connectivity index (χ2n) is 7.29. The zero-order chi connectivity index (χ0) is 19.1. The monoisotopic (exact) mass is 378 g/mol. The summed E-state index contributed by atoms with van der Waals surface area (Å²) in [6.45, 7) is 0. The molecule has 1 saturated carbocycles. The van der Waals surface area contributed by atoms with Gasteiger partial charge in [0.1, 0.15) is 5.82 Å². The number of rotatable bonds is 4. The molecule has 0 bridgehead atoms. The molecule has 1 aliphatic carbocycles. The van der Waals surface area contributed by atoms with Crippen molar-refractivity contribution in [1.82, 2.24) is 19.7 Å². The van der Waals surface area contributed by atoms with Crippen molar-refractivity contribution in [3.8, 4) is 11.4 Å². The van der Waals surface area contributed by atoms with Crippen LogP contribution in [0.3, 0.4) is 0 Å². The second kappa shape index (κ2) is 6.74. The van der Waals surface area contributed by atoms with Crippen molar-refractivity contribution >= 4 is 11.0 Å². The summed E-state index contributed by atoms with van der Waals surface area (Å²) in [5.41, 5.74) is 3.30. The van der Waals surface area contributed by atoms with Crippen LogP contribution in [0.25, 0.3) is 22.4 Å². The Labute approximate surface area is 160 Å². The Kier molecular flexibility index (Phi) is 4.07. The minimum Gasteiger partial charge on any atom is -0.339 e. The van der Waals surface area contributed by atoms with Crippen LogP contribution in [0.1, 0.15) is 43.2 Å². The Morgan fingerprint density at radius 2 is 1.93 bits per heavy atom. The highest BCUT2D eigenvalue weighted by Gasteiger charge is 2.21. The number of fused-ring (bicyclic) bond motifs is 1. The van der Waals surface area contributed by atoms with E-state index in [9.17, 15) is 9.18 Å². The topological polar surface area (TPSA) is 76.7 Å². The summed E-state index contributed by atoms with van der Waals surface area (Å²) in [5.74, 6) is 0.647. The van der Waals surface area contributed by atoms with Crippen LogP contribution in [0.2, 0.25) is 0 Å². The van der Waals surface area contributed by atoms with Crippen molar-refractivity contribution in [3.63, 3.8) is 0 Å². The fraction of sp³-hybridized carbons (Fsp3) is 0.286. The molecule has 0 unspecified atom stereocenters. The lowest BCUT2D eigenvalue weighted by Crippen LogP contribution is -2.20. The van der Waals surface area contributed by atoms with Gasteiger partial charge in [0.2, 0.25) is 11.7 Å². The summed E-state index contributed by atoms with van der Waals surface area (Å²) in [4.78, 5) is 19.8. The van der Waals surface area contributed by atoms with Crippen molar-refractivity contribution in [1.29, 1.82) is 0 Å². The van der Waals surface area contributed by atoms with Gasteiger partial charge in [0, 0.05) is 11.6 Å². The Hall–Kier alpha value is -3.22. The summed E-state index contributed by atoms with van der Waals surface area (Å²) in [6.07, 6.45) is 4.87. The molecule has 2 aromatic carbocycles. The molecule has 1 aliphatic rings. The number of halogens is 1. The number of benzene rings is 2. The van der Waals surface area contributed by atoms with Gasteiger partial charge in [-0.3, -0.25) is 4.57 Å². The van der Waals surface area contributed by atoms with Crippen LogP contribution in [0.15, 0.2) is 51.8 Å². The maximum atomic E-state index is 13.0. The van der Waals surface area contributed by atoms with Gasteiger partial charge in [0.15, 0.2) is 0 Å². The quantitative estimate of drug-likeness (QED) is 0.577. The van der Waals surface area contributed by atoms with E-state index in [4.69, 9.17) is 4.52 Å². The number of aromatic amines is 1. The van der Waals surface area contributed by atoms with Crippen LogP contribution < -0.4 is 5.69 Å². The van der Waals surface area contributed by atoms with E-state index >= 15 is 0 Å². The van der Waals surface area contributed by atoms with Crippen LogP contribution in [-0.4, -0.2) is 19.7 Å². The number of aromatic nitrogens is 4. The molecule has 1 N–H and O–H groups in total. The molecule has 0 spiro atoms. The van der Waals surface area contributed by atoms with Gasteiger partial charge in [-0.05, 0) is 48.7 Å². The molecular formula is C21H19FN4O2. The lowest BCUT2D eigenvalue weighted by Gasteiger charge is -2.11. The standard InChI is InChI=1S/C21H19FN4O2/c22-15-8-5-13(6-9-15)11-19-24-20(25-28-19)14-7-10-18-17(12-14)23-21(27)26(18)16-3-1-2-4-16/h5-10,12,16H,1-4,11H2,(H,23,27). The van der Waals surface area contributed by atoms with Gasteiger partial charge >= 0.3 is 5.69 Å². The molecule has 0 radical (unpaired) electrons. The predicted octanol–water partition coefficient (Wildman–Crippen LogP) is 4.22. The molecule has 142 valence electrons. The van der Waals surface area contributed by atoms with E-state index in [1.807, 2.05) is 22.8 Å². The number of hydrogen-bond acceptors (Lipinski definition) is 4. The smallest absolute Gasteiger partial charge is 0.326 e. The fourth-order valence-electron chi connectivity index (χ4n) is 4.02. The Bertz CT molecular complexity index is 1180. The first kappa shape index (κ1) is 16.9. The molecule has 0 amide bonds. The van der Waals surface area contributed by atoms with Crippen LogP contribution in [0.5, 0.6) is 0 Å². The number of nitrogens with zero attached hydrogens (tertiary/aromatic N) is 3. The Balaban J connectivity index is 1.44. The van der Waals surface area contributed by atoms with Crippen molar-refractivity contribution in [2.75, 3.05) is 0 Å². The minimum absolute atomic E-state index is 0.0656. The summed E-state index contributed by atoms with van der Waals surface area (Å²) in [6, 6.07) is 12.2. The van der Waals surface area contributed by atoms with Crippen molar-refractivity contribution in [2.24, 2.45) is 0 Å². The molecule has 28 heavy (non-hydrogen) atoms. The molecule has 2 aromatic heterocycles. The Morgan fingerprint density at radius 1 is 1.14 bits per heavy atom. The lowest BCUT2D eigenvalue weighted by molar-refractivity contribution is 0.385. The Morgan fingerprint density at radius 3 is 2.71 bits per heavy atom. The van der Waals surface area contributed by atoms with Crippen LogP contribution >= 0.6 is 0 Å². The maximum absolute atomic E-state index is 13.0. The van der Waals surface area contributed by atoms with Gasteiger partial charge in [0.05, 0.1) is 17.5 Å². The van der Waals surface area contributed by atoms with Gasteiger partial charge in [-0.25, -0.2) is 9.18 Å². The zero-order valence-electron chi connectivity index (χ0n) is 15.2. The molecule has 6 nitrogen and oxygen atoms in total. The van der Waals surface area contributed by atoms with Crippen molar-refractivity contribution in [3.05, 3.63) is 70.2 Å². The van der Waals surface area contributed by atoms with Gasteiger partial charge in [-0.2, -0.15) is 4.98 Å². The van der Waals surface area contributed by atoms with E-state index in [0.717, 1.165) is 35.0 Å². The van der Waals surface area contributed by atoms with Crippen molar-refractivity contribution in [2.45, 2.75) is 38.1 Å². The number of nitrogens with one attached hydrogen (secondary N) is 1. The van der Waals surface area contributed by atoms with E-state index in [-0.39, 0.29) is 17.5 Å². The highest BCUT2D eigenvalue weighted by molar-refractivity contribution is 5.80. The highest BCUT2D eigenvalue weighted by atomic mass is 19.1. The maximum Gasteiger partial charge on any atom is 0.326 e. The molecule has 7 heteroatoms. The summed E-state index contributed by atoms with van der Waals surface area (Å²) in [5, 5.41) is 4.05. The summed E-state index contributed by atoms with van der Waals surface area (Å²) >= 11 is 0. The molecule has 4 aromatic rings. The molecule has 0 atom stereocenters. The van der Waals surface area contributed by atoms with Gasteiger partial charge < -0.3 is 9.51 Å². The van der Waals surface area contributed by atoms with E-state index in [1.165, 1.54) is 25.0 Å². The molecule has 2 heterocycles. The largest absolute Gasteiger partial charge is 0.339 e. The molecular weight excluding hydrogens is 359 g/mol. The van der Waals surface area contributed by atoms with E-state index < -0.39 is 0 Å². The van der Waals surface area contributed by atoms with Crippen LogP contribution in [0, 0.1) is 5.82 Å². The van der Waals surface area contributed by atoms with Gasteiger partial charge in [0.25, 0.3) is 0 Å². The molecule has 0 saturated heterocycles. The average Bonchev–Trinajstić information content (AvgIpc) is 3.42. The second-order valence-corrected chi connectivity index (χ2v) is 7.29. The van der Waals surface area contributed by atoms with Crippen LogP contribution in [-0.2, 0) is 6.42 Å². The highest BCUT2D eigenvalue weighted by Crippen LogP contribution is 2.31. The first-order valence-electron chi connectivity index (χ1n) is 9.49. The van der Waals surface area contributed by atoms with Gasteiger partial charge in [-0.1, -0.05) is 30.1 Å². The predicted molar refractivity (Wildman–Crippen MR) is 103 cm³/mol. The first-order chi connectivity index (χ1) is 13.7. The van der Waals surface area contributed by atoms with Gasteiger partial charge in [-0.15, -0.1) is 0 Å². The third kappa shape index (κ3) is 3.02. The minimum atomic E-state index is -0.276. The van der Waals surface area contributed by atoms with E-state index in [1.54, 1.807) is 12.1 Å². The summed E-state index contributed by atoms with van der Waals surface area (Å²) in [7, 11) is 0. The molecule has 0 aliphatic heterocycles. The normalized spacial score (nSPS) is 14.9. The third-order valence-corrected chi connectivity index (χ3v) is 5.40. The number of H-pyrrole nitrogens is 1. The third-order valence-electron chi connectivity index (χ3n) is 5.40. The fourth-order valence-corrected chi connectivity index (χ4v) is 4.02. The van der Waals surface area contributed by atoms with Crippen molar-refractivity contribution < 1.29 is 8.91 Å². The SMILES string of the molecule is O=c1[nH]c2cc(-c3noc(Cc4ccc(F)cc4)n3)ccc2n1C1CCCC1. The number of hydrogen-bond donors (Lipinski definition) is 1. The van der Waals surface area contributed by atoms with E-state index in [0.29, 0.717) is 18.1 Å². The van der Waals surface area contributed by atoms with Crippen LogP contribution in [0.4, 0.5) is 4.39 Å².